The van der Waals surface area contributed by atoms with E-state index < -0.39 is 27.9 Å². The first-order valence-corrected chi connectivity index (χ1v) is 9.89. The Hall–Kier alpha value is -2.71. The van der Waals surface area contributed by atoms with Gasteiger partial charge in [-0.25, -0.2) is 18.4 Å². The van der Waals surface area contributed by atoms with Gasteiger partial charge >= 0.3 is 5.97 Å². The minimum atomic E-state index is -4.01. The van der Waals surface area contributed by atoms with Gasteiger partial charge in [-0.1, -0.05) is 24.3 Å². The number of primary sulfonamides is 1. The van der Waals surface area contributed by atoms with E-state index in [-0.39, 0.29) is 23.4 Å². The van der Waals surface area contributed by atoms with E-state index in [0.717, 1.165) is 11.1 Å². The van der Waals surface area contributed by atoms with E-state index in [0.29, 0.717) is 11.1 Å². The molecule has 2 aromatic rings. The summed E-state index contributed by atoms with van der Waals surface area (Å²) in [5.74, 6) is -1.64. The van der Waals surface area contributed by atoms with Crippen LogP contribution in [-0.4, -0.2) is 36.3 Å². The van der Waals surface area contributed by atoms with Gasteiger partial charge in [-0.2, -0.15) is 0 Å². The Kier molecular flexibility index (Phi) is 4.79. The standard InChI is InChI=1S/C19H20N2O5S/c1-11-7-15(9-17(12(11)2)27(20,25)26)18(22)21-10-14-6-4-3-5-13(14)8-16(21)19(23)24/h3-7,9,16H,8,10H2,1-2H3,(H,23,24)(H2,20,25,26)/t16-/m0/s1. The average molecular weight is 388 g/mol. The zero-order chi connectivity index (χ0) is 19.9. The van der Waals surface area contributed by atoms with Gasteiger partial charge in [-0.15, -0.1) is 0 Å². The Morgan fingerprint density at radius 1 is 1.15 bits per heavy atom. The van der Waals surface area contributed by atoms with Gasteiger partial charge in [-0.05, 0) is 48.2 Å². The monoisotopic (exact) mass is 388 g/mol. The van der Waals surface area contributed by atoms with Crippen molar-refractivity contribution in [3.05, 3.63) is 64.2 Å². The maximum atomic E-state index is 13.1. The van der Waals surface area contributed by atoms with Gasteiger partial charge in [0.2, 0.25) is 10.0 Å². The number of aryl methyl sites for hydroxylation is 1. The van der Waals surface area contributed by atoms with Gasteiger partial charge in [0.25, 0.3) is 5.91 Å². The fraction of sp³-hybridized carbons (Fsp3) is 0.263. The van der Waals surface area contributed by atoms with E-state index in [1.807, 2.05) is 24.3 Å². The van der Waals surface area contributed by atoms with Crippen molar-refractivity contribution in [3.8, 4) is 0 Å². The molecule has 3 N–H and O–H groups in total. The smallest absolute Gasteiger partial charge is 0.326 e. The Morgan fingerprint density at radius 2 is 1.78 bits per heavy atom. The Labute approximate surface area is 157 Å². The van der Waals surface area contributed by atoms with Gasteiger partial charge in [-0.3, -0.25) is 4.79 Å². The molecule has 0 saturated carbocycles. The quantitative estimate of drug-likeness (QED) is 0.828. The molecule has 0 radical (unpaired) electrons. The summed E-state index contributed by atoms with van der Waals surface area (Å²) in [5.41, 5.74) is 2.92. The highest BCUT2D eigenvalue weighted by atomic mass is 32.2. The van der Waals surface area contributed by atoms with Crippen LogP contribution in [0.15, 0.2) is 41.3 Å². The lowest BCUT2D eigenvalue weighted by Gasteiger charge is -2.34. The van der Waals surface area contributed by atoms with Crippen LogP contribution in [-0.2, 0) is 27.8 Å². The highest BCUT2D eigenvalue weighted by molar-refractivity contribution is 7.89. The summed E-state index contributed by atoms with van der Waals surface area (Å²) in [4.78, 5) is 26.0. The lowest BCUT2D eigenvalue weighted by atomic mass is 9.93. The SMILES string of the molecule is Cc1cc(C(=O)N2Cc3ccccc3C[C@H]2C(=O)O)cc(S(N)(=O)=O)c1C. The molecule has 27 heavy (non-hydrogen) atoms. The number of nitrogens with two attached hydrogens (primary N) is 1. The van der Waals surface area contributed by atoms with Crippen LogP contribution in [0.1, 0.15) is 32.6 Å². The molecule has 0 unspecified atom stereocenters. The van der Waals surface area contributed by atoms with Crippen molar-refractivity contribution in [1.29, 1.82) is 0 Å². The third-order valence-electron chi connectivity index (χ3n) is 4.97. The molecule has 1 atom stereocenters. The van der Waals surface area contributed by atoms with E-state index in [1.165, 1.54) is 11.0 Å². The van der Waals surface area contributed by atoms with E-state index in [1.54, 1.807) is 19.9 Å². The third-order valence-corrected chi connectivity index (χ3v) is 6.00. The number of aliphatic carboxylic acids is 1. The number of benzene rings is 2. The largest absolute Gasteiger partial charge is 0.480 e. The first-order chi connectivity index (χ1) is 12.6. The molecular weight excluding hydrogens is 368 g/mol. The summed E-state index contributed by atoms with van der Waals surface area (Å²) in [7, 11) is -4.01. The van der Waals surface area contributed by atoms with Crippen LogP contribution in [0.5, 0.6) is 0 Å². The molecule has 3 rings (SSSR count). The normalized spacial score (nSPS) is 16.7. The number of carboxylic acid groups (broad SMARTS) is 1. The molecule has 2 aromatic carbocycles. The number of carboxylic acids is 1. The van der Waals surface area contributed by atoms with Crippen LogP contribution in [0.2, 0.25) is 0 Å². The molecule has 0 spiro atoms. The van der Waals surface area contributed by atoms with Crippen molar-refractivity contribution < 1.29 is 23.1 Å². The fourth-order valence-electron chi connectivity index (χ4n) is 3.37. The van der Waals surface area contributed by atoms with Crippen molar-refractivity contribution in [2.45, 2.75) is 37.8 Å². The summed E-state index contributed by atoms with van der Waals surface area (Å²) < 4.78 is 23.7. The Morgan fingerprint density at radius 3 is 2.37 bits per heavy atom. The predicted molar refractivity (Wildman–Crippen MR) is 98.7 cm³/mol. The molecule has 142 valence electrons. The summed E-state index contributed by atoms with van der Waals surface area (Å²) in [5, 5.41) is 14.9. The highest BCUT2D eigenvalue weighted by Gasteiger charge is 2.35. The number of sulfonamides is 1. The maximum absolute atomic E-state index is 13.1. The van der Waals surface area contributed by atoms with Crippen molar-refractivity contribution in [2.75, 3.05) is 0 Å². The molecule has 0 aromatic heterocycles. The Bertz CT molecular complexity index is 1050. The van der Waals surface area contributed by atoms with Crippen molar-refractivity contribution in [1.82, 2.24) is 4.90 Å². The van der Waals surface area contributed by atoms with Gasteiger partial charge in [0.05, 0.1) is 4.90 Å². The van der Waals surface area contributed by atoms with E-state index in [2.05, 4.69) is 0 Å². The number of amides is 1. The zero-order valence-electron chi connectivity index (χ0n) is 15.0. The number of rotatable bonds is 3. The zero-order valence-corrected chi connectivity index (χ0v) is 15.8. The van der Waals surface area contributed by atoms with Gasteiger partial charge in [0.15, 0.2) is 0 Å². The summed E-state index contributed by atoms with van der Waals surface area (Å²) in [6, 6.07) is 9.12. The average Bonchev–Trinajstić information content (AvgIpc) is 2.61. The minimum Gasteiger partial charge on any atom is -0.480 e. The first-order valence-electron chi connectivity index (χ1n) is 8.34. The van der Waals surface area contributed by atoms with Crippen molar-refractivity contribution in [3.63, 3.8) is 0 Å². The number of fused-ring (bicyclic) bond motifs is 1. The molecule has 0 bridgehead atoms. The highest BCUT2D eigenvalue weighted by Crippen LogP contribution is 2.27. The second kappa shape index (κ2) is 6.79. The number of carbonyl (C=O) groups is 2. The molecule has 0 fully saturated rings. The van der Waals surface area contributed by atoms with Crippen LogP contribution in [0.3, 0.4) is 0 Å². The first kappa shape index (κ1) is 19.1. The molecule has 1 aliphatic rings. The predicted octanol–water partition coefficient (Wildman–Crippen LogP) is 1.60. The topological polar surface area (TPSA) is 118 Å². The van der Waals surface area contributed by atoms with Gasteiger partial charge < -0.3 is 10.0 Å². The van der Waals surface area contributed by atoms with E-state index in [9.17, 15) is 23.1 Å². The second-order valence-electron chi connectivity index (χ2n) is 6.72. The van der Waals surface area contributed by atoms with Crippen LogP contribution >= 0.6 is 0 Å². The molecule has 8 heteroatoms. The molecule has 1 heterocycles. The third kappa shape index (κ3) is 3.58. The molecule has 7 nitrogen and oxygen atoms in total. The van der Waals surface area contributed by atoms with E-state index in [4.69, 9.17) is 5.14 Å². The fourth-order valence-corrected chi connectivity index (χ4v) is 4.25. The maximum Gasteiger partial charge on any atom is 0.326 e. The number of nitrogens with zero attached hydrogens (tertiary/aromatic N) is 1. The van der Waals surface area contributed by atoms with Gasteiger partial charge in [0.1, 0.15) is 6.04 Å². The molecule has 1 amide bonds. The van der Waals surface area contributed by atoms with Gasteiger partial charge in [0, 0.05) is 18.5 Å². The number of hydrogen-bond donors (Lipinski definition) is 2. The van der Waals surface area contributed by atoms with Crippen LogP contribution < -0.4 is 5.14 Å². The summed E-state index contributed by atoms with van der Waals surface area (Å²) in [6.45, 7) is 3.44. The second-order valence-corrected chi connectivity index (χ2v) is 8.25. The van der Waals surface area contributed by atoms with Crippen LogP contribution in [0.25, 0.3) is 0 Å². The van der Waals surface area contributed by atoms with Crippen LogP contribution in [0, 0.1) is 13.8 Å². The lowest BCUT2D eigenvalue weighted by molar-refractivity contribution is -0.142. The van der Waals surface area contributed by atoms with Crippen LogP contribution in [0.4, 0.5) is 0 Å². The molecule has 0 aliphatic carbocycles. The van der Waals surface area contributed by atoms with Crippen molar-refractivity contribution in [2.24, 2.45) is 5.14 Å². The lowest BCUT2D eigenvalue weighted by Crippen LogP contribution is -2.48. The number of carbonyl (C=O) groups excluding carboxylic acids is 1. The summed E-state index contributed by atoms with van der Waals surface area (Å²) >= 11 is 0. The summed E-state index contributed by atoms with van der Waals surface area (Å²) in [6.07, 6.45) is 0.199. The Balaban J connectivity index is 2.07. The van der Waals surface area contributed by atoms with Crippen molar-refractivity contribution >= 4 is 21.9 Å². The molecule has 0 saturated heterocycles. The van der Waals surface area contributed by atoms with E-state index >= 15 is 0 Å². The molecular formula is C19H20N2O5S. The number of hydrogen-bond acceptors (Lipinski definition) is 4. The molecule has 1 aliphatic heterocycles. The minimum absolute atomic E-state index is 0.104.